The Morgan fingerprint density at radius 3 is 2.06 bits per heavy atom. The molecule has 32 heavy (non-hydrogen) atoms. The highest BCUT2D eigenvalue weighted by Crippen LogP contribution is 2.35. The van der Waals surface area contributed by atoms with Gasteiger partial charge in [0.1, 0.15) is 4.90 Å². The van der Waals surface area contributed by atoms with Crippen LogP contribution in [0.4, 0.5) is 0 Å². The Morgan fingerprint density at radius 2 is 1.50 bits per heavy atom. The number of rotatable bonds is 7. The normalized spacial score (nSPS) is 12.4. The van der Waals surface area contributed by atoms with Gasteiger partial charge in [-0.05, 0) is 32.0 Å². The van der Waals surface area contributed by atoms with Crippen LogP contribution in [0, 0.1) is 0 Å². The third-order valence-corrected chi connectivity index (χ3v) is 6.36. The van der Waals surface area contributed by atoms with Gasteiger partial charge in [-0.3, -0.25) is 4.79 Å². The SMILES string of the molecule is CCOC(=O)C(O)(C(=O)OCC)c1c(S(=O)c2ccccc2)c(=O)n(C)c2ccccc12. The van der Waals surface area contributed by atoms with Crippen molar-refractivity contribution < 1.29 is 28.4 Å². The highest BCUT2D eigenvalue weighted by molar-refractivity contribution is 7.85. The van der Waals surface area contributed by atoms with Crippen LogP contribution in [0.2, 0.25) is 0 Å². The molecule has 0 saturated heterocycles. The van der Waals surface area contributed by atoms with E-state index < -0.39 is 44.4 Å². The van der Waals surface area contributed by atoms with Crippen LogP contribution in [-0.2, 0) is 42.5 Å². The van der Waals surface area contributed by atoms with E-state index in [2.05, 4.69) is 0 Å². The molecule has 1 unspecified atom stereocenters. The van der Waals surface area contributed by atoms with Crippen molar-refractivity contribution in [2.45, 2.75) is 29.2 Å². The molecule has 3 aromatic rings. The van der Waals surface area contributed by atoms with Crippen molar-refractivity contribution in [3.8, 4) is 0 Å². The molecule has 1 atom stereocenters. The van der Waals surface area contributed by atoms with Crippen LogP contribution in [0.5, 0.6) is 0 Å². The maximum Gasteiger partial charge on any atom is 0.355 e. The summed E-state index contributed by atoms with van der Waals surface area (Å²) < 4.78 is 24.8. The third kappa shape index (κ3) is 3.85. The molecule has 0 spiro atoms. The number of pyridine rings is 1. The summed E-state index contributed by atoms with van der Waals surface area (Å²) in [7, 11) is -0.652. The second-order valence-electron chi connectivity index (χ2n) is 6.82. The number of ether oxygens (including phenoxy) is 2. The van der Waals surface area contributed by atoms with E-state index in [-0.39, 0.29) is 23.5 Å². The van der Waals surface area contributed by atoms with Crippen molar-refractivity contribution in [2.75, 3.05) is 13.2 Å². The number of nitrogens with zero attached hydrogens (tertiary/aromatic N) is 1. The number of fused-ring (bicyclic) bond motifs is 1. The molecule has 2 aromatic carbocycles. The van der Waals surface area contributed by atoms with Crippen molar-refractivity contribution in [1.29, 1.82) is 0 Å². The standard InChI is InChI=1S/C23H23NO7S/c1-4-30-21(26)23(28,22(27)31-5-2)18-16-13-9-10-14-17(16)24(3)20(25)19(18)32(29)15-11-7-6-8-12-15/h6-14,28H,4-5H2,1-3H3. The minimum Gasteiger partial charge on any atom is -0.463 e. The lowest BCUT2D eigenvalue weighted by atomic mass is 9.90. The molecule has 1 heterocycles. The number of carbonyl (C=O) groups excluding carboxylic acids is 2. The van der Waals surface area contributed by atoms with Crippen LogP contribution in [0.25, 0.3) is 10.9 Å². The summed E-state index contributed by atoms with van der Waals surface area (Å²) in [4.78, 5) is 39.1. The summed E-state index contributed by atoms with van der Waals surface area (Å²) in [6.07, 6.45) is 0. The smallest absolute Gasteiger partial charge is 0.355 e. The van der Waals surface area contributed by atoms with Gasteiger partial charge >= 0.3 is 11.9 Å². The van der Waals surface area contributed by atoms with Crippen molar-refractivity contribution in [2.24, 2.45) is 7.05 Å². The minimum atomic E-state index is -3.00. The number of esters is 2. The van der Waals surface area contributed by atoms with E-state index in [1.165, 1.54) is 31.5 Å². The Balaban J connectivity index is 2.51. The number of benzene rings is 2. The van der Waals surface area contributed by atoms with E-state index in [1.54, 1.807) is 48.5 Å². The monoisotopic (exact) mass is 457 g/mol. The first-order valence-corrected chi connectivity index (χ1v) is 11.1. The van der Waals surface area contributed by atoms with Gasteiger partial charge < -0.3 is 19.1 Å². The quantitative estimate of drug-likeness (QED) is 0.427. The first-order valence-electron chi connectivity index (χ1n) is 9.94. The predicted octanol–water partition coefficient (Wildman–Crippen LogP) is 2.02. The summed E-state index contributed by atoms with van der Waals surface area (Å²) >= 11 is 0. The molecule has 0 radical (unpaired) electrons. The highest BCUT2D eigenvalue weighted by Gasteiger charge is 2.53. The Labute approximate surface area is 186 Å². The van der Waals surface area contributed by atoms with Crippen LogP contribution in [-0.4, -0.2) is 39.0 Å². The fourth-order valence-corrected chi connectivity index (χ4v) is 4.80. The van der Waals surface area contributed by atoms with Crippen LogP contribution >= 0.6 is 0 Å². The average Bonchev–Trinajstić information content (AvgIpc) is 2.81. The van der Waals surface area contributed by atoms with Crippen LogP contribution in [0.3, 0.4) is 0 Å². The molecule has 0 bridgehead atoms. The Bertz CT molecular complexity index is 1230. The summed E-state index contributed by atoms with van der Waals surface area (Å²) in [6, 6.07) is 14.5. The summed E-state index contributed by atoms with van der Waals surface area (Å²) in [6.45, 7) is 2.74. The van der Waals surface area contributed by atoms with Crippen LogP contribution < -0.4 is 5.56 Å². The van der Waals surface area contributed by atoms with E-state index in [1.807, 2.05) is 0 Å². The molecule has 168 valence electrons. The third-order valence-electron chi connectivity index (χ3n) is 4.91. The fraction of sp³-hybridized carbons (Fsp3) is 0.261. The maximum atomic E-state index is 13.6. The van der Waals surface area contributed by atoms with Crippen LogP contribution in [0.1, 0.15) is 19.4 Å². The van der Waals surface area contributed by atoms with Crippen molar-refractivity contribution in [1.82, 2.24) is 4.57 Å². The topological polar surface area (TPSA) is 112 Å². The van der Waals surface area contributed by atoms with Gasteiger partial charge in [-0.25, -0.2) is 13.8 Å². The molecular weight excluding hydrogens is 434 g/mol. The number of hydrogen-bond acceptors (Lipinski definition) is 7. The average molecular weight is 458 g/mol. The zero-order valence-corrected chi connectivity index (χ0v) is 18.7. The lowest BCUT2D eigenvalue weighted by Crippen LogP contribution is -2.48. The number of hydrogen-bond donors (Lipinski definition) is 1. The van der Waals surface area contributed by atoms with E-state index in [0.29, 0.717) is 5.52 Å². The molecule has 0 saturated carbocycles. The van der Waals surface area contributed by atoms with Gasteiger partial charge in [-0.2, -0.15) is 0 Å². The Hall–Kier alpha value is -3.30. The summed E-state index contributed by atoms with van der Waals surface area (Å²) in [5.41, 5.74) is -3.81. The Kier molecular flexibility index (Phi) is 6.90. The van der Waals surface area contributed by atoms with Gasteiger partial charge in [0.2, 0.25) is 0 Å². The van der Waals surface area contributed by atoms with Crippen molar-refractivity contribution in [3.05, 3.63) is 70.5 Å². The van der Waals surface area contributed by atoms with Gasteiger partial charge in [0, 0.05) is 22.9 Å². The molecule has 0 fully saturated rings. The second-order valence-corrected chi connectivity index (χ2v) is 8.24. The molecular formula is C23H23NO7S. The molecule has 0 amide bonds. The number of carbonyl (C=O) groups is 2. The molecule has 0 aliphatic rings. The number of para-hydroxylation sites is 1. The summed E-state index contributed by atoms with van der Waals surface area (Å²) in [5, 5.41) is 11.7. The van der Waals surface area contributed by atoms with Gasteiger partial charge in [-0.1, -0.05) is 36.4 Å². The first-order chi connectivity index (χ1) is 15.3. The minimum absolute atomic E-state index is 0.138. The zero-order valence-electron chi connectivity index (χ0n) is 17.9. The fourth-order valence-electron chi connectivity index (χ4n) is 3.42. The number of aromatic nitrogens is 1. The van der Waals surface area contributed by atoms with Crippen molar-refractivity contribution in [3.63, 3.8) is 0 Å². The second kappa shape index (κ2) is 9.46. The number of aliphatic hydroxyl groups is 1. The van der Waals surface area contributed by atoms with Gasteiger partial charge in [0.25, 0.3) is 11.2 Å². The molecule has 8 nitrogen and oxygen atoms in total. The van der Waals surface area contributed by atoms with Gasteiger partial charge in [-0.15, -0.1) is 0 Å². The molecule has 3 rings (SSSR count). The largest absolute Gasteiger partial charge is 0.463 e. The molecule has 0 aliphatic carbocycles. The first kappa shape index (κ1) is 23.4. The van der Waals surface area contributed by atoms with E-state index in [9.17, 15) is 23.7 Å². The molecule has 1 aromatic heterocycles. The predicted molar refractivity (Wildman–Crippen MR) is 117 cm³/mol. The molecule has 1 N–H and O–H groups in total. The van der Waals surface area contributed by atoms with E-state index in [4.69, 9.17) is 9.47 Å². The lowest BCUT2D eigenvalue weighted by Gasteiger charge is -2.27. The maximum absolute atomic E-state index is 13.6. The highest BCUT2D eigenvalue weighted by atomic mass is 32.2. The van der Waals surface area contributed by atoms with Gasteiger partial charge in [0.15, 0.2) is 0 Å². The Morgan fingerprint density at radius 1 is 0.969 bits per heavy atom. The van der Waals surface area contributed by atoms with Crippen molar-refractivity contribution >= 4 is 33.6 Å². The molecule has 9 heteroatoms. The van der Waals surface area contributed by atoms with E-state index in [0.717, 1.165) is 0 Å². The molecule has 0 aliphatic heterocycles. The zero-order chi connectivity index (χ0) is 23.5. The summed E-state index contributed by atoms with van der Waals surface area (Å²) in [5.74, 6) is -2.63. The van der Waals surface area contributed by atoms with E-state index >= 15 is 0 Å². The lowest BCUT2D eigenvalue weighted by molar-refractivity contribution is -0.185. The van der Waals surface area contributed by atoms with Crippen LogP contribution in [0.15, 0.2) is 69.2 Å². The van der Waals surface area contributed by atoms with Gasteiger partial charge in [0.05, 0.1) is 29.5 Å². The number of aryl methyl sites for hydroxylation is 1.